The Labute approximate surface area is 133 Å². The maximum absolute atomic E-state index is 12.2. The average molecular weight is 315 g/mol. The van der Waals surface area contributed by atoms with Crippen molar-refractivity contribution in [3.05, 3.63) is 59.7 Å². The van der Waals surface area contributed by atoms with Crippen LogP contribution < -0.4 is 16.4 Å². The van der Waals surface area contributed by atoms with Crippen molar-refractivity contribution in [1.29, 1.82) is 0 Å². The van der Waals surface area contributed by atoms with Gasteiger partial charge in [0.05, 0.1) is 0 Å². The molecule has 0 aliphatic heterocycles. The van der Waals surface area contributed by atoms with Gasteiger partial charge in [-0.05, 0) is 42.2 Å². The molecule has 0 atom stereocenters. The summed E-state index contributed by atoms with van der Waals surface area (Å²) in [6, 6.07) is 14.1. The lowest BCUT2D eigenvalue weighted by molar-refractivity contribution is 0.102. The summed E-state index contributed by atoms with van der Waals surface area (Å²) >= 11 is 1.62. The number of primary amides is 1. The van der Waals surface area contributed by atoms with Crippen molar-refractivity contribution < 1.29 is 9.59 Å². The zero-order chi connectivity index (χ0) is 15.9. The van der Waals surface area contributed by atoms with Crippen molar-refractivity contribution >= 4 is 29.4 Å². The number of carbonyl (C=O) groups excluding carboxylic acids is 2. The monoisotopic (exact) mass is 315 g/mol. The minimum absolute atomic E-state index is 0.173. The highest BCUT2D eigenvalue weighted by Crippen LogP contribution is 2.19. The molecule has 0 aliphatic rings. The number of benzene rings is 2. The maximum atomic E-state index is 12.2. The molecule has 0 fully saturated rings. The molecule has 0 saturated carbocycles. The summed E-state index contributed by atoms with van der Waals surface area (Å²) in [5, 5.41) is 5.36. The lowest BCUT2D eigenvalue weighted by Crippen LogP contribution is -2.28. The number of thioether (sulfide) groups is 1. The molecule has 0 saturated heterocycles. The number of nitrogens with one attached hydrogen (secondary N) is 2. The highest BCUT2D eigenvalue weighted by atomic mass is 32.2. The van der Waals surface area contributed by atoms with E-state index < -0.39 is 6.03 Å². The molecule has 0 bridgehead atoms. The number of carbonyl (C=O) groups is 2. The average Bonchev–Trinajstić information content (AvgIpc) is 2.53. The van der Waals surface area contributed by atoms with E-state index in [0.29, 0.717) is 12.1 Å². The number of anilines is 1. The second kappa shape index (κ2) is 7.51. The number of hydrogen-bond acceptors (Lipinski definition) is 3. The van der Waals surface area contributed by atoms with Gasteiger partial charge in [0.1, 0.15) is 0 Å². The predicted molar refractivity (Wildman–Crippen MR) is 89.0 cm³/mol. The molecule has 0 unspecified atom stereocenters. The van der Waals surface area contributed by atoms with Crippen LogP contribution in [0, 0.1) is 0 Å². The van der Waals surface area contributed by atoms with Gasteiger partial charge < -0.3 is 16.4 Å². The summed E-state index contributed by atoms with van der Waals surface area (Å²) in [4.78, 5) is 23.9. The molecule has 22 heavy (non-hydrogen) atoms. The van der Waals surface area contributed by atoms with Gasteiger partial charge in [-0.2, -0.15) is 0 Å². The SMILES string of the molecule is CSc1cccc(NC(=O)c2ccc(CNC(N)=O)cc2)c1. The summed E-state index contributed by atoms with van der Waals surface area (Å²) in [5.41, 5.74) is 7.20. The van der Waals surface area contributed by atoms with Crippen LogP contribution in [0.4, 0.5) is 10.5 Å². The minimum atomic E-state index is -0.574. The van der Waals surface area contributed by atoms with E-state index >= 15 is 0 Å². The summed E-state index contributed by atoms with van der Waals surface area (Å²) < 4.78 is 0. The Morgan fingerprint density at radius 3 is 2.50 bits per heavy atom. The van der Waals surface area contributed by atoms with Crippen LogP contribution in [-0.4, -0.2) is 18.2 Å². The van der Waals surface area contributed by atoms with Crippen molar-refractivity contribution in [3.8, 4) is 0 Å². The number of amides is 3. The molecule has 0 spiro atoms. The van der Waals surface area contributed by atoms with Gasteiger partial charge in [0.25, 0.3) is 5.91 Å². The lowest BCUT2D eigenvalue weighted by atomic mass is 10.1. The first-order valence-corrected chi connectivity index (χ1v) is 7.88. The third-order valence-electron chi connectivity index (χ3n) is 3.01. The molecule has 114 valence electrons. The molecule has 2 rings (SSSR count). The van der Waals surface area contributed by atoms with Gasteiger partial charge >= 0.3 is 6.03 Å². The van der Waals surface area contributed by atoms with Gasteiger partial charge in [-0.1, -0.05) is 18.2 Å². The number of nitrogens with two attached hydrogens (primary N) is 1. The van der Waals surface area contributed by atoms with Crippen molar-refractivity contribution in [2.75, 3.05) is 11.6 Å². The van der Waals surface area contributed by atoms with Crippen LogP contribution in [0.5, 0.6) is 0 Å². The molecule has 0 heterocycles. The Hall–Kier alpha value is -2.47. The normalized spacial score (nSPS) is 10.0. The van der Waals surface area contributed by atoms with E-state index in [9.17, 15) is 9.59 Å². The van der Waals surface area contributed by atoms with Crippen LogP contribution in [0.1, 0.15) is 15.9 Å². The zero-order valence-electron chi connectivity index (χ0n) is 12.1. The molecule has 5 nitrogen and oxygen atoms in total. The van der Waals surface area contributed by atoms with Gasteiger partial charge in [-0.25, -0.2) is 4.79 Å². The lowest BCUT2D eigenvalue weighted by Gasteiger charge is -2.07. The second-order valence-corrected chi connectivity index (χ2v) is 5.48. The molecule has 6 heteroatoms. The fourth-order valence-corrected chi connectivity index (χ4v) is 2.33. The van der Waals surface area contributed by atoms with Crippen LogP contribution in [-0.2, 0) is 6.54 Å². The van der Waals surface area contributed by atoms with Crippen LogP contribution >= 0.6 is 11.8 Å². The highest BCUT2D eigenvalue weighted by molar-refractivity contribution is 7.98. The largest absolute Gasteiger partial charge is 0.352 e. The number of urea groups is 1. The standard InChI is InChI=1S/C16H17N3O2S/c1-22-14-4-2-3-13(9-14)19-15(20)12-7-5-11(6-8-12)10-18-16(17)21/h2-9H,10H2,1H3,(H,19,20)(H3,17,18,21). The van der Waals surface area contributed by atoms with Crippen molar-refractivity contribution in [2.45, 2.75) is 11.4 Å². The highest BCUT2D eigenvalue weighted by Gasteiger charge is 2.06. The van der Waals surface area contributed by atoms with E-state index in [0.717, 1.165) is 16.1 Å². The Morgan fingerprint density at radius 1 is 1.14 bits per heavy atom. The van der Waals surface area contributed by atoms with Crippen molar-refractivity contribution in [2.24, 2.45) is 5.73 Å². The zero-order valence-corrected chi connectivity index (χ0v) is 12.9. The van der Waals surface area contributed by atoms with E-state index in [1.54, 1.807) is 36.0 Å². The van der Waals surface area contributed by atoms with Crippen LogP contribution in [0.25, 0.3) is 0 Å². The van der Waals surface area contributed by atoms with E-state index in [4.69, 9.17) is 5.73 Å². The van der Waals surface area contributed by atoms with Gasteiger partial charge in [-0.15, -0.1) is 11.8 Å². The predicted octanol–water partition coefficient (Wildman–Crippen LogP) is 2.83. The van der Waals surface area contributed by atoms with E-state index in [1.165, 1.54) is 0 Å². The van der Waals surface area contributed by atoms with Crippen LogP contribution in [0.3, 0.4) is 0 Å². The van der Waals surface area contributed by atoms with E-state index in [1.807, 2.05) is 30.5 Å². The molecule has 0 aromatic heterocycles. The Morgan fingerprint density at radius 2 is 1.86 bits per heavy atom. The fourth-order valence-electron chi connectivity index (χ4n) is 1.87. The smallest absolute Gasteiger partial charge is 0.312 e. The Balaban J connectivity index is 2.01. The topological polar surface area (TPSA) is 84.2 Å². The minimum Gasteiger partial charge on any atom is -0.352 e. The van der Waals surface area contributed by atoms with Crippen LogP contribution in [0.2, 0.25) is 0 Å². The summed E-state index contributed by atoms with van der Waals surface area (Å²) in [6.45, 7) is 0.340. The summed E-state index contributed by atoms with van der Waals surface area (Å²) in [5.74, 6) is -0.173. The number of rotatable bonds is 5. The Bertz CT molecular complexity index is 671. The quantitative estimate of drug-likeness (QED) is 0.742. The van der Waals surface area contributed by atoms with E-state index in [-0.39, 0.29) is 5.91 Å². The molecule has 0 radical (unpaired) electrons. The van der Waals surface area contributed by atoms with Crippen molar-refractivity contribution in [1.82, 2.24) is 5.32 Å². The molecular weight excluding hydrogens is 298 g/mol. The number of hydrogen-bond donors (Lipinski definition) is 3. The second-order valence-electron chi connectivity index (χ2n) is 4.60. The Kier molecular flexibility index (Phi) is 5.43. The first-order valence-electron chi connectivity index (χ1n) is 6.66. The fraction of sp³-hybridized carbons (Fsp3) is 0.125. The van der Waals surface area contributed by atoms with Crippen LogP contribution in [0.15, 0.2) is 53.4 Å². The molecule has 4 N–H and O–H groups in total. The van der Waals surface area contributed by atoms with Crippen molar-refractivity contribution in [3.63, 3.8) is 0 Å². The van der Waals surface area contributed by atoms with E-state index in [2.05, 4.69) is 10.6 Å². The molecule has 0 aliphatic carbocycles. The summed E-state index contributed by atoms with van der Waals surface area (Å²) in [6.07, 6.45) is 1.99. The summed E-state index contributed by atoms with van der Waals surface area (Å²) in [7, 11) is 0. The third kappa shape index (κ3) is 4.53. The molecular formula is C16H17N3O2S. The van der Waals surface area contributed by atoms with Gasteiger partial charge in [-0.3, -0.25) is 4.79 Å². The van der Waals surface area contributed by atoms with Gasteiger partial charge in [0.15, 0.2) is 0 Å². The first kappa shape index (κ1) is 15.9. The maximum Gasteiger partial charge on any atom is 0.312 e. The van der Waals surface area contributed by atoms with Gasteiger partial charge in [0, 0.05) is 22.7 Å². The molecule has 2 aromatic rings. The third-order valence-corrected chi connectivity index (χ3v) is 3.74. The molecule has 2 aromatic carbocycles. The molecule has 3 amide bonds. The van der Waals surface area contributed by atoms with Gasteiger partial charge in [0.2, 0.25) is 0 Å². The first-order chi connectivity index (χ1) is 10.6.